The van der Waals surface area contributed by atoms with Crippen LogP contribution in [0.15, 0.2) is 30.6 Å². The first-order chi connectivity index (χ1) is 14.6. The summed E-state index contributed by atoms with van der Waals surface area (Å²) < 4.78 is 5.53. The number of rotatable bonds is 4. The first kappa shape index (κ1) is 18.6. The molecule has 8 nitrogen and oxygen atoms in total. The smallest absolute Gasteiger partial charge is 0.306 e. The van der Waals surface area contributed by atoms with Crippen LogP contribution in [0.1, 0.15) is 31.2 Å². The first-order valence-electron chi connectivity index (χ1n) is 10.2. The van der Waals surface area contributed by atoms with Gasteiger partial charge in [0.25, 0.3) is 0 Å². The monoisotopic (exact) mass is 406 g/mol. The summed E-state index contributed by atoms with van der Waals surface area (Å²) in [5.41, 5.74) is 1.98. The number of hydrogen-bond acceptors (Lipinski definition) is 7. The van der Waals surface area contributed by atoms with Crippen molar-refractivity contribution in [2.75, 3.05) is 11.9 Å². The molecular weight excluding hydrogens is 384 g/mol. The fraction of sp³-hybridized carbons (Fsp3) is 0.364. The molecule has 2 atom stereocenters. The number of carboxylic acids is 1. The zero-order valence-corrected chi connectivity index (χ0v) is 16.3. The second-order valence-electron chi connectivity index (χ2n) is 7.90. The lowest BCUT2D eigenvalue weighted by Gasteiger charge is -2.28. The fourth-order valence-corrected chi connectivity index (χ4v) is 4.49. The molecule has 0 radical (unpaired) electrons. The number of phenolic OH excluding ortho intramolecular Hbond substituents is 1. The van der Waals surface area contributed by atoms with E-state index < -0.39 is 5.97 Å². The molecule has 3 aromatic rings. The molecule has 1 fully saturated rings. The van der Waals surface area contributed by atoms with Crippen molar-refractivity contribution in [3.8, 4) is 22.8 Å². The molecule has 8 heteroatoms. The number of fused-ring (bicyclic) bond motifs is 2. The standard InChI is InChI=1S/C22H22N4O4/c27-20-15-7-9-30-18(15)5-4-16(20)19-14-6-8-23-11-17(14)21(26-25-19)24-13-3-1-2-12(10-13)22(28)29/h4-6,8,11-13,27H,1-3,7,9-10H2,(H,24,26)(H,28,29). The third-order valence-electron chi connectivity index (χ3n) is 6.05. The van der Waals surface area contributed by atoms with Crippen LogP contribution in [0.2, 0.25) is 0 Å². The molecule has 5 rings (SSSR count). The quantitative estimate of drug-likeness (QED) is 0.604. The van der Waals surface area contributed by atoms with Gasteiger partial charge >= 0.3 is 5.97 Å². The molecule has 0 saturated heterocycles. The highest BCUT2D eigenvalue weighted by molar-refractivity contribution is 6.00. The maximum Gasteiger partial charge on any atom is 0.306 e. The molecule has 30 heavy (non-hydrogen) atoms. The molecule has 0 spiro atoms. The highest BCUT2D eigenvalue weighted by atomic mass is 16.5. The summed E-state index contributed by atoms with van der Waals surface area (Å²) in [7, 11) is 0. The van der Waals surface area contributed by atoms with E-state index in [-0.39, 0.29) is 17.7 Å². The molecule has 3 N–H and O–H groups in total. The summed E-state index contributed by atoms with van der Waals surface area (Å²) >= 11 is 0. The van der Waals surface area contributed by atoms with Gasteiger partial charge in [0.05, 0.1) is 12.5 Å². The highest BCUT2D eigenvalue weighted by Gasteiger charge is 2.28. The van der Waals surface area contributed by atoms with Crippen molar-refractivity contribution >= 4 is 22.6 Å². The van der Waals surface area contributed by atoms with E-state index in [9.17, 15) is 15.0 Å². The number of phenols is 1. The minimum absolute atomic E-state index is 0.0222. The number of benzene rings is 1. The summed E-state index contributed by atoms with van der Waals surface area (Å²) in [4.78, 5) is 15.6. The lowest BCUT2D eigenvalue weighted by molar-refractivity contribution is -0.142. The SMILES string of the molecule is O=C(O)C1CCCC(Nc2nnc(-c3ccc4c(c3O)CCO4)c3ccncc23)C1. The van der Waals surface area contributed by atoms with Gasteiger partial charge in [-0.25, -0.2) is 0 Å². The van der Waals surface area contributed by atoms with Crippen LogP contribution in [0.4, 0.5) is 5.82 Å². The van der Waals surface area contributed by atoms with Crippen LogP contribution in [0.5, 0.6) is 11.5 Å². The number of hydrogen-bond donors (Lipinski definition) is 3. The van der Waals surface area contributed by atoms with Gasteiger partial charge < -0.3 is 20.3 Å². The maximum atomic E-state index is 11.4. The van der Waals surface area contributed by atoms with Gasteiger partial charge in [0, 0.05) is 46.8 Å². The number of carboxylic acid groups (broad SMARTS) is 1. The Morgan fingerprint density at radius 3 is 2.93 bits per heavy atom. The van der Waals surface area contributed by atoms with Gasteiger partial charge in [0.1, 0.15) is 17.2 Å². The van der Waals surface area contributed by atoms with Crippen molar-refractivity contribution in [1.82, 2.24) is 15.2 Å². The van der Waals surface area contributed by atoms with E-state index in [0.717, 1.165) is 29.2 Å². The molecule has 1 aliphatic carbocycles. The van der Waals surface area contributed by atoms with E-state index in [1.54, 1.807) is 18.5 Å². The second-order valence-corrected chi connectivity index (χ2v) is 7.90. The van der Waals surface area contributed by atoms with E-state index in [0.29, 0.717) is 48.7 Å². The van der Waals surface area contributed by atoms with Crippen molar-refractivity contribution in [3.05, 3.63) is 36.2 Å². The van der Waals surface area contributed by atoms with Crippen molar-refractivity contribution in [2.45, 2.75) is 38.1 Å². The second kappa shape index (κ2) is 7.44. The Balaban J connectivity index is 1.53. The third kappa shape index (κ3) is 3.18. The topological polar surface area (TPSA) is 117 Å². The van der Waals surface area contributed by atoms with Gasteiger partial charge in [-0.05, 0) is 37.5 Å². The van der Waals surface area contributed by atoms with Crippen molar-refractivity contribution in [3.63, 3.8) is 0 Å². The third-order valence-corrected chi connectivity index (χ3v) is 6.05. The number of nitrogens with zero attached hydrogens (tertiary/aromatic N) is 3. The van der Waals surface area contributed by atoms with Crippen LogP contribution in [0.25, 0.3) is 22.0 Å². The normalized spacial score (nSPS) is 20.5. The van der Waals surface area contributed by atoms with E-state index in [2.05, 4.69) is 20.5 Å². The number of anilines is 1. The zero-order chi connectivity index (χ0) is 20.7. The van der Waals surface area contributed by atoms with Gasteiger partial charge in [0.2, 0.25) is 0 Å². The predicted octanol–water partition coefficient (Wildman–Crippen LogP) is 3.39. The summed E-state index contributed by atoms with van der Waals surface area (Å²) in [5, 5.41) is 34.0. The Bertz CT molecular complexity index is 1130. The summed E-state index contributed by atoms with van der Waals surface area (Å²) in [6, 6.07) is 5.53. The van der Waals surface area contributed by atoms with Gasteiger partial charge in [-0.2, -0.15) is 0 Å². The molecule has 2 unspecified atom stereocenters. The molecule has 1 saturated carbocycles. The summed E-state index contributed by atoms with van der Waals surface area (Å²) in [5.74, 6) is 0.388. The predicted molar refractivity (Wildman–Crippen MR) is 111 cm³/mol. The molecular formula is C22H22N4O4. The van der Waals surface area contributed by atoms with Gasteiger partial charge in [-0.3, -0.25) is 9.78 Å². The van der Waals surface area contributed by atoms with Gasteiger partial charge in [-0.1, -0.05) is 6.42 Å². The van der Waals surface area contributed by atoms with Crippen LogP contribution >= 0.6 is 0 Å². The van der Waals surface area contributed by atoms with Crippen LogP contribution < -0.4 is 10.1 Å². The number of ether oxygens (including phenoxy) is 1. The fourth-order valence-electron chi connectivity index (χ4n) is 4.49. The van der Waals surface area contributed by atoms with Crippen molar-refractivity contribution in [2.24, 2.45) is 5.92 Å². The number of carbonyl (C=O) groups is 1. The maximum absolute atomic E-state index is 11.4. The lowest BCUT2D eigenvalue weighted by Crippen LogP contribution is -2.31. The first-order valence-corrected chi connectivity index (χ1v) is 10.2. The number of nitrogens with one attached hydrogen (secondary N) is 1. The van der Waals surface area contributed by atoms with Crippen molar-refractivity contribution in [1.29, 1.82) is 0 Å². The number of pyridine rings is 1. The van der Waals surface area contributed by atoms with Crippen LogP contribution in [-0.4, -0.2) is 44.0 Å². The van der Waals surface area contributed by atoms with E-state index in [1.807, 2.05) is 12.1 Å². The van der Waals surface area contributed by atoms with Crippen molar-refractivity contribution < 1.29 is 19.7 Å². The Morgan fingerprint density at radius 1 is 1.17 bits per heavy atom. The highest BCUT2D eigenvalue weighted by Crippen LogP contribution is 2.42. The summed E-state index contributed by atoms with van der Waals surface area (Å²) in [6.07, 6.45) is 7.09. The van der Waals surface area contributed by atoms with Gasteiger partial charge in [0.15, 0.2) is 5.82 Å². The minimum Gasteiger partial charge on any atom is -0.507 e. The molecule has 2 aliphatic rings. The Kier molecular flexibility index (Phi) is 4.61. The zero-order valence-electron chi connectivity index (χ0n) is 16.3. The molecule has 0 amide bonds. The van der Waals surface area contributed by atoms with Crippen LogP contribution in [-0.2, 0) is 11.2 Å². The number of aromatic nitrogens is 3. The largest absolute Gasteiger partial charge is 0.507 e. The summed E-state index contributed by atoms with van der Waals surface area (Å²) in [6.45, 7) is 0.560. The van der Waals surface area contributed by atoms with E-state index in [4.69, 9.17) is 4.74 Å². The average molecular weight is 406 g/mol. The number of aromatic hydroxyl groups is 1. The molecule has 1 aromatic carbocycles. The van der Waals surface area contributed by atoms with E-state index >= 15 is 0 Å². The molecule has 0 bridgehead atoms. The minimum atomic E-state index is -0.745. The van der Waals surface area contributed by atoms with E-state index in [1.165, 1.54) is 0 Å². The Labute approximate surface area is 172 Å². The Hall–Kier alpha value is -3.42. The van der Waals surface area contributed by atoms with Crippen LogP contribution in [0, 0.1) is 5.92 Å². The number of aliphatic carboxylic acids is 1. The lowest BCUT2D eigenvalue weighted by atomic mass is 9.86. The Morgan fingerprint density at radius 2 is 2.07 bits per heavy atom. The van der Waals surface area contributed by atoms with Gasteiger partial charge in [-0.15, -0.1) is 10.2 Å². The van der Waals surface area contributed by atoms with Crippen LogP contribution in [0.3, 0.4) is 0 Å². The molecule has 3 heterocycles. The molecule has 1 aliphatic heterocycles. The average Bonchev–Trinajstić information content (AvgIpc) is 3.25. The molecule has 154 valence electrons. The molecule has 2 aromatic heterocycles.